The van der Waals surface area contributed by atoms with Gasteiger partial charge in [-0.3, -0.25) is 0 Å². The molecule has 0 amide bonds. The van der Waals surface area contributed by atoms with Crippen LogP contribution in [0.25, 0.3) is 0 Å². The number of rotatable bonds is 0. The van der Waals surface area contributed by atoms with Crippen molar-refractivity contribution in [2.45, 2.75) is 13.8 Å². The largest absolute Gasteiger partial charge is 1.00 e. The normalized spacial score (nSPS) is 3.91. The minimum absolute atomic E-state index is 0. The van der Waals surface area contributed by atoms with Gasteiger partial charge in [0.25, 0.3) is 0 Å². The van der Waals surface area contributed by atoms with Gasteiger partial charge in [0.1, 0.15) is 0 Å². The van der Waals surface area contributed by atoms with E-state index in [0.29, 0.717) is 0 Å². The summed E-state index contributed by atoms with van der Waals surface area (Å²) in [6.45, 7) is 3.86. The van der Waals surface area contributed by atoms with Gasteiger partial charge in [0.05, 0.1) is 0 Å². The Morgan fingerprint density at radius 3 is 1.27 bits per heavy atom. The van der Waals surface area contributed by atoms with Crippen LogP contribution in [0.5, 0.6) is 0 Å². The average molecular weight is 210 g/mol. The number of halogens is 1. The van der Waals surface area contributed by atoms with Gasteiger partial charge in [0.15, 0.2) is 0 Å². The Balaban J connectivity index is -0.0000000150. The van der Waals surface area contributed by atoms with Crippen molar-refractivity contribution in [1.29, 1.82) is 5.26 Å². The molecule has 3 nitrogen and oxygen atoms in total. The summed E-state index contributed by atoms with van der Waals surface area (Å²) < 4.78 is 0. The van der Waals surface area contributed by atoms with E-state index in [1.54, 1.807) is 13.8 Å². The van der Waals surface area contributed by atoms with Crippen molar-refractivity contribution in [2.75, 3.05) is 13.2 Å². The van der Waals surface area contributed by atoms with E-state index in [4.69, 9.17) is 15.5 Å². The van der Waals surface area contributed by atoms with Crippen molar-refractivity contribution in [2.24, 2.45) is 0 Å². The molecule has 64 valence electrons. The molecular formula is C5H13ClNNaO2S. The van der Waals surface area contributed by atoms with Gasteiger partial charge in [0, 0.05) is 13.2 Å². The van der Waals surface area contributed by atoms with Crippen molar-refractivity contribution in [3.8, 4) is 5.40 Å². The van der Waals surface area contributed by atoms with Crippen LogP contribution >= 0.6 is 12.4 Å². The predicted molar refractivity (Wildman–Crippen MR) is 45.7 cm³/mol. The molecule has 0 unspecified atom stereocenters. The van der Waals surface area contributed by atoms with Crippen molar-refractivity contribution >= 4 is 25.0 Å². The fourth-order valence-corrected chi connectivity index (χ4v) is 0. The SMILES string of the molecule is CCO.CCO.Cl.N#C[S-].[Na+]. The molecule has 0 rings (SSSR count). The second-order valence-corrected chi connectivity index (χ2v) is 0.906. The van der Waals surface area contributed by atoms with Gasteiger partial charge in [-0.1, -0.05) is 5.40 Å². The van der Waals surface area contributed by atoms with Crippen molar-refractivity contribution in [1.82, 2.24) is 0 Å². The number of hydrogen-bond donors (Lipinski definition) is 2. The molecular weight excluding hydrogens is 197 g/mol. The van der Waals surface area contributed by atoms with E-state index in [1.165, 1.54) is 5.40 Å². The zero-order valence-electron chi connectivity index (χ0n) is 7.07. The number of nitriles is 1. The molecule has 11 heavy (non-hydrogen) atoms. The maximum absolute atomic E-state index is 7.57. The summed E-state index contributed by atoms with van der Waals surface area (Å²) in [4.78, 5) is 0. The Kier molecular flexibility index (Phi) is 189. The molecule has 6 heteroatoms. The topological polar surface area (TPSA) is 64.2 Å². The minimum Gasteiger partial charge on any atom is -0.696 e. The predicted octanol–water partition coefficient (Wildman–Crippen LogP) is -2.56. The Hall–Kier alpha value is 0.920. The van der Waals surface area contributed by atoms with Gasteiger partial charge >= 0.3 is 29.6 Å². The minimum atomic E-state index is 0. The second kappa shape index (κ2) is 69.9. The van der Waals surface area contributed by atoms with E-state index < -0.39 is 0 Å². The van der Waals surface area contributed by atoms with Crippen LogP contribution in [-0.4, -0.2) is 23.4 Å². The number of hydrogen-bond acceptors (Lipinski definition) is 4. The van der Waals surface area contributed by atoms with E-state index in [2.05, 4.69) is 12.6 Å². The maximum atomic E-state index is 7.57. The van der Waals surface area contributed by atoms with Crippen LogP contribution in [0.15, 0.2) is 0 Å². The molecule has 0 aromatic carbocycles. The smallest absolute Gasteiger partial charge is 0.696 e. The van der Waals surface area contributed by atoms with Crippen molar-refractivity contribution in [3.63, 3.8) is 0 Å². The Morgan fingerprint density at radius 1 is 1.27 bits per heavy atom. The number of aliphatic hydroxyl groups is 2. The molecule has 0 atom stereocenters. The number of thiocyanates is 1. The van der Waals surface area contributed by atoms with Gasteiger partial charge in [-0.15, -0.1) is 12.4 Å². The molecule has 2 N–H and O–H groups in total. The van der Waals surface area contributed by atoms with Crippen LogP contribution in [0, 0.1) is 10.7 Å². The molecule has 0 aromatic rings. The Labute approximate surface area is 102 Å². The zero-order valence-corrected chi connectivity index (χ0v) is 10.7. The first-order valence-electron chi connectivity index (χ1n) is 2.47. The van der Waals surface area contributed by atoms with Gasteiger partial charge in [-0.25, -0.2) is 5.26 Å². The number of aliphatic hydroxyl groups excluding tert-OH is 2. The molecule has 0 saturated heterocycles. The third-order valence-corrected chi connectivity index (χ3v) is 0. The van der Waals surface area contributed by atoms with Crippen LogP contribution in [0.1, 0.15) is 13.8 Å². The van der Waals surface area contributed by atoms with Gasteiger partial charge in [0.2, 0.25) is 0 Å². The molecule has 0 heterocycles. The second-order valence-electron chi connectivity index (χ2n) is 0.724. The molecule has 0 saturated carbocycles. The Morgan fingerprint density at radius 2 is 1.27 bits per heavy atom. The Bertz CT molecular complexity index is 60.9. The summed E-state index contributed by atoms with van der Waals surface area (Å²) in [6.07, 6.45) is 0. The van der Waals surface area contributed by atoms with E-state index in [9.17, 15) is 0 Å². The maximum Gasteiger partial charge on any atom is 1.00 e. The van der Waals surface area contributed by atoms with Crippen LogP contribution < -0.4 is 29.6 Å². The summed E-state index contributed by atoms with van der Waals surface area (Å²) in [5, 5.41) is 23.6. The molecule has 0 aliphatic rings. The summed E-state index contributed by atoms with van der Waals surface area (Å²) in [6, 6.07) is 0. The first-order valence-corrected chi connectivity index (χ1v) is 2.88. The summed E-state index contributed by atoms with van der Waals surface area (Å²) >= 11 is 3.70. The summed E-state index contributed by atoms with van der Waals surface area (Å²) in [5.74, 6) is 0. The molecule has 0 aliphatic carbocycles. The van der Waals surface area contributed by atoms with E-state index in [-0.39, 0.29) is 55.2 Å². The quantitative estimate of drug-likeness (QED) is 0.262. The van der Waals surface area contributed by atoms with Crippen molar-refractivity contribution in [3.05, 3.63) is 0 Å². The van der Waals surface area contributed by atoms with E-state index >= 15 is 0 Å². The van der Waals surface area contributed by atoms with Gasteiger partial charge < -0.3 is 22.8 Å². The number of nitrogens with zero attached hydrogens (tertiary/aromatic N) is 1. The van der Waals surface area contributed by atoms with Gasteiger partial charge in [-0.2, -0.15) is 0 Å². The van der Waals surface area contributed by atoms with Gasteiger partial charge in [-0.05, 0) is 13.8 Å². The van der Waals surface area contributed by atoms with Crippen LogP contribution in [0.2, 0.25) is 0 Å². The zero-order chi connectivity index (χ0) is 8.12. The fraction of sp³-hybridized carbons (Fsp3) is 0.800. The van der Waals surface area contributed by atoms with Crippen LogP contribution in [-0.2, 0) is 12.6 Å². The monoisotopic (exact) mass is 209 g/mol. The fourth-order valence-electron chi connectivity index (χ4n) is 0. The van der Waals surface area contributed by atoms with Crippen LogP contribution in [0.4, 0.5) is 0 Å². The first kappa shape index (κ1) is 29.7. The molecule has 0 aromatic heterocycles. The van der Waals surface area contributed by atoms with E-state index in [0.717, 1.165) is 0 Å². The molecule has 0 radical (unpaired) electrons. The summed E-state index contributed by atoms with van der Waals surface area (Å²) in [5.41, 5.74) is 0. The average Bonchev–Trinajstić information content (AvgIpc) is 1.70. The molecule has 0 aliphatic heterocycles. The summed E-state index contributed by atoms with van der Waals surface area (Å²) in [7, 11) is 0. The molecule has 0 fully saturated rings. The third kappa shape index (κ3) is 1030. The first-order chi connectivity index (χ1) is 4.24. The molecule has 0 bridgehead atoms. The van der Waals surface area contributed by atoms with Crippen LogP contribution in [0.3, 0.4) is 0 Å². The molecule has 0 spiro atoms. The van der Waals surface area contributed by atoms with Crippen molar-refractivity contribution < 1.29 is 39.8 Å². The van der Waals surface area contributed by atoms with E-state index in [1.807, 2.05) is 0 Å². The standard InChI is InChI=1S/2C2H6O.CHNS.ClH.Na/c2*1-2-3;2-1-3;;/h2*3H,2H2,1H3;3H;1H;/q;;;;+1/p-1. The third-order valence-electron chi connectivity index (χ3n) is 0.